The van der Waals surface area contributed by atoms with E-state index in [0.717, 1.165) is 10.4 Å². The fourth-order valence-electron chi connectivity index (χ4n) is 2.27. The van der Waals surface area contributed by atoms with Gasteiger partial charge in [-0.2, -0.15) is 0 Å². The normalized spacial score (nSPS) is 10.8. The number of benzene rings is 1. The Labute approximate surface area is 168 Å². The number of nitrogens with one attached hydrogen (secondary N) is 3. The van der Waals surface area contributed by atoms with Crippen LogP contribution >= 0.6 is 11.3 Å². The second-order valence-corrected chi connectivity index (χ2v) is 8.17. The van der Waals surface area contributed by atoms with E-state index in [0.29, 0.717) is 12.1 Å². The van der Waals surface area contributed by atoms with Crippen molar-refractivity contribution in [1.82, 2.24) is 10.6 Å². The first kappa shape index (κ1) is 21.4. The molecule has 28 heavy (non-hydrogen) atoms. The van der Waals surface area contributed by atoms with Gasteiger partial charge in [-0.25, -0.2) is 4.79 Å². The first-order valence-electron chi connectivity index (χ1n) is 8.86. The summed E-state index contributed by atoms with van der Waals surface area (Å²) in [6.07, 6.45) is -0.312. The minimum Gasteiger partial charge on any atom is -0.444 e. The van der Waals surface area contributed by atoms with Crippen LogP contribution in [0.1, 0.15) is 31.2 Å². The number of hydrogen-bond donors (Lipinski definition) is 3. The fourth-order valence-corrected chi connectivity index (χ4v) is 2.97. The number of alkyl carbamates (subject to hydrolysis) is 1. The van der Waals surface area contributed by atoms with E-state index in [4.69, 9.17) is 4.74 Å². The Bertz CT molecular complexity index is 813. The van der Waals surface area contributed by atoms with Crippen LogP contribution in [0.25, 0.3) is 0 Å². The number of carbonyl (C=O) groups is 3. The van der Waals surface area contributed by atoms with E-state index in [1.54, 1.807) is 39.0 Å². The molecule has 3 N–H and O–H groups in total. The van der Waals surface area contributed by atoms with Gasteiger partial charge in [-0.3, -0.25) is 9.59 Å². The molecule has 0 aliphatic heterocycles. The molecular formula is C20H25N3O4S. The number of anilines is 1. The zero-order chi connectivity index (χ0) is 20.6. The Hall–Kier alpha value is -2.87. The third-order valence-corrected chi connectivity index (χ3v) is 4.28. The minimum atomic E-state index is -0.641. The van der Waals surface area contributed by atoms with E-state index < -0.39 is 11.7 Å². The smallest absolute Gasteiger partial charge is 0.408 e. The Morgan fingerprint density at radius 1 is 1.04 bits per heavy atom. The average molecular weight is 404 g/mol. The summed E-state index contributed by atoms with van der Waals surface area (Å²) in [5.41, 5.74) is 0.884. The number of rotatable bonds is 7. The van der Waals surface area contributed by atoms with Gasteiger partial charge in [-0.05, 0) is 49.9 Å². The molecule has 0 aliphatic carbocycles. The highest BCUT2D eigenvalue weighted by atomic mass is 32.1. The average Bonchev–Trinajstić information content (AvgIpc) is 3.09. The molecule has 0 atom stereocenters. The second kappa shape index (κ2) is 9.89. The Morgan fingerprint density at radius 2 is 1.82 bits per heavy atom. The van der Waals surface area contributed by atoms with Crippen molar-refractivity contribution >= 4 is 34.9 Å². The van der Waals surface area contributed by atoms with E-state index in [-0.39, 0.29) is 24.9 Å². The maximum atomic E-state index is 12.1. The molecule has 8 heteroatoms. The van der Waals surface area contributed by atoms with Gasteiger partial charge in [0, 0.05) is 17.1 Å². The molecule has 0 aliphatic rings. The highest BCUT2D eigenvalue weighted by Crippen LogP contribution is 2.13. The van der Waals surface area contributed by atoms with Gasteiger partial charge in [-0.1, -0.05) is 18.2 Å². The third-order valence-electron chi connectivity index (χ3n) is 3.41. The lowest BCUT2D eigenvalue weighted by molar-refractivity contribution is -0.120. The summed E-state index contributed by atoms with van der Waals surface area (Å²) in [4.78, 5) is 36.5. The van der Waals surface area contributed by atoms with E-state index >= 15 is 0 Å². The van der Waals surface area contributed by atoms with Crippen LogP contribution in [0.5, 0.6) is 0 Å². The van der Waals surface area contributed by atoms with Crippen LogP contribution in [-0.4, -0.2) is 30.1 Å². The zero-order valence-corrected chi connectivity index (χ0v) is 17.0. The Kier molecular flexibility index (Phi) is 7.57. The molecule has 3 amide bonds. The maximum absolute atomic E-state index is 12.1. The van der Waals surface area contributed by atoms with Crippen LogP contribution in [0.4, 0.5) is 10.5 Å². The Balaban J connectivity index is 1.76. The molecular weight excluding hydrogens is 378 g/mol. The fraction of sp³-hybridized carbons (Fsp3) is 0.350. The SMILES string of the molecule is CC(C)(C)OC(=O)NCC(=O)NCc1cccc(NC(=O)Cc2cccs2)c1. The van der Waals surface area contributed by atoms with Crippen LogP contribution < -0.4 is 16.0 Å². The largest absolute Gasteiger partial charge is 0.444 e. The lowest BCUT2D eigenvalue weighted by atomic mass is 10.2. The standard InChI is InChI=1S/C20H25N3O4S/c1-20(2,3)27-19(26)22-13-18(25)21-12-14-6-4-7-15(10-14)23-17(24)11-16-8-5-9-28-16/h4-10H,11-13H2,1-3H3,(H,21,25)(H,22,26)(H,23,24). The van der Waals surface area contributed by atoms with Gasteiger partial charge in [0.15, 0.2) is 0 Å². The topological polar surface area (TPSA) is 96.5 Å². The highest BCUT2D eigenvalue weighted by molar-refractivity contribution is 7.10. The molecule has 0 saturated carbocycles. The van der Waals surface area contributed by atoms with Gasteiger partial charge in [0.2, 0.25) is 11.8 Å². The van der Waals surface area contributed by atoms with Crippen LogP contribution in [0.3, 0.4) is 0 Å². The molecule has 0 spiro atoms. The molecule has 7 nitrogen and oxygen atoms in total. The summed E-state index contributed by atoms with van der Waals surface area (Å²) in [5.74, 6) is -0.428. The lowest BCUT2D eigenvalue weighted by Crippen LogP contribution is -2.39. The summed E-state index contributed by atoms with van der Waals surface area (Å²) >= 11 is 1.54. The number of ether oxygens (including phenoxy) is 1. The van der Waals surface area contributed by atoms with Crippen molar-refractivity contribution in [3.8, 4) is 0 Å². The van der Waals surface area contributed by atoms with Gasteiger partial charge >= 0.3 is 6.09 Å². The van der Waals surface area contributed by atoms with Crippen LogP contribution in [0.15, 0.2) is 41.8 Å². The molecule has 0 bridgehead atoms. The van der Waals surface area contributed by atoms with Crippen molar-refractivity contribution in [1.29, 1.82) is 0 Å². The summed E-state index contributed by atoms with van der Waals surface area (Å²) < 4.78 is 5.07. The molecule has 0 unspecified atom stereocenters. The van der Waals surface area contributed by atoms with E-state index in [1.165, 1.54) is 11.3 Å². The molecule has 2 rings (SSSR count). The lowest BCUT2D eigenvalue weighted by Gasteiger charge is -2.19. The molecule has 0 fully saturated rings. The number of thiophene rings is 1. The molecule has 0 saturated heterocycles. The predicted octanol–water partition coefficient (Wildman–Crippen LogP) is 3.07. The third kappa shape index (κ3) is 8.22. The first-order chi connectivity index (χ1) is 13.2. The molecule has 1 aromatic carbocycles. The quantitative estimate of drug-likeness (QED) is 0.662. The van der Waals surface area contributed by atoms with Crippen LogP contribution in [0.2, 0.25) is 0 Å². The van der Waals surface area contributed by atoms with Crippen molar-refractivity contribution in [2.75, 3.05) is 11.9 Å². The minimum absolute atomic E-state index is 0.0924. The van der Waals surface area contributed by atoms with Gasteiger partial charge in [0.1, 0.15) is 12.1 Å². The zero-order valence-electron chi connectivity index (χ0n) is 16.2. The first-order valence-corrected chi connectivity index (χ1v) is 9.74. The summed E-state index contributed by atoms with van der Waals surface area (Å²) in [6.45, 7) is 5.35. The van der Waals surface area contributed by atoms with Gasteiger partial charge < -0.3 is 20.7 Å². The second-order valence-electron chi connectivity index (χ2n) is 7.14. The number of hydrogen-bond acceptors (Lipinski definition) is 5. The molecule has 1 aromatic heterocycles. The van der Waals surface area contributed by atoms with E-state index in [2.05, 4.69) is 16.0 Å². The van der Waals surface area contributed by atoms with Crippen molar-refractivity contribution < 1.29 is 19.1 Å². The summed E-state index contributed by atoms with van der Waals surface area (Å²) in [6, 6.07) is 11.1. The van der Waals surface area contributed by atoms with E-state index in [9.17, 15) is 14.4 Å². The van der Waals surface area contributed by atoms with Crippen molar-refractivity contribution in [2.24, 2.45) is 0 Å². The summed E-state index contributed by atoms with van der Waals surface area (Å²) in [5, 5.41) is 9.90. The maximum Gasteiger partial charge on any atom is 0.408 e. The van der Waals surface area contributed by atoms with Gasteiger partial charge in [0.25, 0.3) is 0 Å². The van der Waals surface area contributed by atoms with Crippen molar-refractivity contribution in [3.05, 3.63) is 52.2 Å². The molecule has 2 aromatic rings. The number of amides is 3. The van der Waals surface area contributed by atoms with Crippen molar-refractivity contribution in [3.63, 3.8) is 0 Å². The van der Waals surface area contributed by atoms with Gasteiger partial charge in [-0.15, -0.1) is 11.3 Å². The highest BCUT2D eigenvalue weighted by Gasteiger charge is 2.16. The molecule has 1 heterocycles. The van der Waals surface area contributed by atoms with Crippen LogP contribution in [-0.2, 0) is 27.3 Å². The van der Waals surface area contributed by atoms with Crippen LogP contribution in [0, 0.1) is 0 Å². The van der Waals surface area contributed by atoms with Crippen molar-refractivity contribution in [2.45, 2.75) is 39.3 Å². The molecule has 0 radical (unpaired) electrons. The Morgan fingerprint density at radius 3 is 2.50 bits per heavy atom. The summed E-state index contributed by atoms with van der Waals surface area (Å²) in [7, 11) is 0. The molecule has 150 valence electrons. The predicted molar refractivity (Wildman–Crippen MR) is 109 cm³/mol. The van der Waals surface area contributed by atoms with Gasteiger partial charge in [0.05, 0.1) is 6.42 Å². The monoisotopic (exact) mass is 403 g/mol. The van der Waals surface area contributed by atoms with E-state index in [1.807, 2.05) is 23.6 Å². The number of carbonyl (C=O) groups excluding carboxylic acids is 3.